The number of carbonyl (C=O) groups excluding carboxylic acids is 2. The van der Waals surface area contributed by atoms with E-state index in [4.69, 9.17) is 4.74 Å². The standard InChI is InChI=1S/C13H13F2NO3/c1-7(19-13(18)8-2-3-8)12(17)16-11-6-9(14)4-5-10(11)15/h4-8H,2-3H2,1H3,(H,16,17)/t7-/m0/s1. The minimum Gasteiger partial charge on any atom is -0.452 e. The van der Waals surface area contributed by atoms with Crippen LogP contribution in [0.1, 0.15) is 19.8 Å². The van der Waals surface area contributed by atoms with Crippen molar-refractivity contribution in [2.45, 2.75) is 25.9 Å². The van der Waals surface area contributed by atoms with Crippen LogP contribution < -0.4 is 5.32 Å². The van der Waals surface area contributed by atoms with E-state index in [1.807, 2.05) is 0 Å². The van der Waals surface area contributed by atoms with Gasteiger partial charge in [-0.05, 0) is 31.9 Å². The second kappa shape index (κ2) is 5.34. The van der Waals surface area contributed by atoms with Crippen LogP contribution in [0.15, 0.2) is 18.2 Å². The van der Waals surface area contributed by atoms with E-state index in [9.17, 15) is 18.4 Å². The molecule has 1 amide bonds. The molecule has 0 radical (unpaired) electrons. The van der Waals surface area contributed by atoms with Crippen molar-refractivity contribution < 1.29 is 23.1 Å². The van der Waals surface area contributed by atoms with Crippen LogP contribution in [0.3, 0.4) is 0 Å². The second-order valence-electron chi connectivity index (χ2n) is 4.47. The summed E-state index contributed by atoms with van der Waals surface area (Å²) in [6.45, 7) is 1.38. The Balaban J connectivity index is 1.95. The van der Waals surface area contributed by atoms with Crippen LogP contribution in [0.2, 0.25) is 0 Å². The van der Waals surface area contributed by atoms with E-state index in [1.54, 1.807) is 0 Å². The first kappa shape index (κ1) is 13.5. The van der Waals surface area contributed by atoms with Crippen LogP contribution in [-0.4, -0.2) is 18.0 Å². The Labute approximate surface area is 108 Å². The van der Waals surface area contributed by atoms with E-state index in [-0.39, 0.29) is 11.6 Å². The molecule has 1 fully saturated rings. The van der Waals surface area contributed by atoms with Crippen LogP contribution in [0, 0.1) is 17.6 Å². The van der Waals surface area contributed by atoms with Crippen LogP contribution in [0.4, 0.5) is 14.5 Å². The molecule has 0 aliphatic heterocycles. The lowest BCUT2D eigenvalue weighted by Gasteiger charge is -2.13. The molecular formula is C13H13F2NO3. The highest BCUT2D eigenvalue weighted by atomic mass is 19.1. The number of hydrogen-bond donors (Lipinski definition) is 1. The normalized spacial score (nSPS) is 15.7. The van der Waals surface area contributed by atoms with E-state index in [1.165, 1.54) is 6.92 Å². The molecule has 1 saturated carbocycles. The smallest absolute Gasteiger partial charge is 0.309 e. The van der Waals surface area contributed by atoms with Gasteiger partial charge in [0.05, 0.1) is 11.6 Å². The zero-order chi connectivity index (χ0) is 14.0. The maximum Gasteiger partial charge on any atom is 0.309 e. The number of anilines is 1. The van der Waals surface area contributed by atoms with Gasteiger partial charge in [0.2, 0.25) is 0 Å². The predicted octanol–water partition coefficient (Wildman–Crippen LogP) is 2.25. The molecule has 1 aliphatic carbocycles. The van der Waals surface area contributed by atoms with Gasteiger partial charge in [0.15, 0.2) is 6.10 Å². The van der Waals surface area contributed by atoms with E-state index in [0.29, 0.717) is 0 Å². The summed E-state index contributed by atoms with van der Waals surface area (Å²) < 4.78 is 31.1. The molecule has 0 heterocycles. The Morgan fingerprint density at radius 2 is 2.05 bits per heavy atom. The molecule has 0 aromatic heterocycles. The number of ether oxygens (including phenoxy) is 1. The molecule has 0 saturated heterocycles. The third kappa shape index (κ3) is 3.49. The SMILES string of the molecule is C[C@H](OC(=O)C1CC1)C(=O)Nc1cc(F)ccc1F. The fourth-order valence-corrected chi connectivity index (χ4v) is 1.47. The van der Waals surface area contributed by atoms with Crippen molar-refractivity contribution >= 4 is 17.6 Å². The fourth-order valence-electron chi connectivity index (χ4n) is 1.47. The molecular weight excluding hydrogens is 256 g/mol. The number of carbonyl (C=O) groups is 2. The van der Waals surface area contributed by atoms with Gasteiger partial charge < -0.3 is 10.1 Å². The zero-order valence-electron chi connectivity index (χ0n) is 10.3. The molecule has 4 nitrogen and oxygen atoms in total. The summed E-state index contributed by atoms with van der Waals surface area (Å²) in [6.07, 6.45) is 0.493. The first-order valence-corrected chi connectivity index (χ1v) is 5.94. The maximum absolute atomic E-state index is 13.3. The van der Waals surface area contributed by atoms with Crippen LogP contribution >= 0.6 is 0 Å². The number of rotatable bonds is 4. The van der Waals surface area contributed by atoms with Crippen LogP contribution in [0.5, 0.6) is 0 Å². The topological polar surface area (TPSA) is 55.4 Å². The van der Waals surface area contributed by atoms with Crippen LogP contribution in [-0.2, 0) is 14.3 Å². The van der Waals surface area contributed by atoms with Gasteiger partial charge in [-0.2, -0.15) is 0 Å². The highest BCUT2D eigenvalue weighted by Crippen LogP contribution is 2.30. The van der Waals surface area contributed by atoms with E-state index in [0.717, 1.165) is 31.0 Å². The Bertz CT molecular complexity index is 515. The lowest BCUT2D eigenvalue weighted by molar-refractivity contribution is -0.154. The summed E-state index contributed by atoms with van der Waals surface area (Å²) in [7, 11) is 0. The summed E-state index contributed by atoms with van der Waals surface area (Å²) in [5.41, 5.74) is -0.278. The number of halogens is 2. The Kier molecular flexibility index (Phi) is 3.78. The third-order valence-electron chi connectivity index (χ3n) is 2.76. The van der Waals surface area contributed by atoms with E-state index in [2.05, 4.69) is 5.32 Å². The summed E-state index contributed by atoms with van der Waals surface area (Å²) in [4.78, 5) is 23.0. The highest BCUT2D eigenvalue weighted by Gasteiger charge is 2.33. The van der Waals surface area contributed by atoms with Crippen molar-refractivity contribution in [3.8, 4) is 0 Å². The van der Waals surface area contributed by atoms with Crippen LogP contribution in [0.25, 0.3) is 0 Å². The molecule has 6 heteroatoms. The average molecular weight is 269 g/mol. The molecule has 0 bridgehead atoms. The average Bonchev–Trinajstić information content (AvgIpc) is 3.17. The number of amides is 1. The van der Waals surface area contributed by atoms with Crippen molar-refractivity contribution in [2.75, 3.05) is 5.32 Å². The highest BCUT2D eigenvalue weighted by molar-refractivity contribution is 5.95. The Morgan fingerprint density at radius 1 is 1.37 bits per heavy atom. The molecule has 19 heavy (non-hydrogen) atoms. The van der Waals surface area contributed by atoms with Gasteiger partial charge in [-0.1, -0.05) is 0 Å². The first-order chi connectivity index (χ1) is 8.97. The Morgan fingerprint density at radius 3 is 2.68 bits per heavy atom. The van der Waals surface area contributed by atoms with Crippen molar-refractivity contribution in [3.63, 3.8) is 0 Å². The fraction of sp³-hybridized carbons (Fsp3) is 0.385. The van der Waals surface area contributed by atoms with E-state index >= 15 is 0 Å². The summed E-state index contributed by atoms with van der Waals surface area (Å²) in [5.74, 6) is -2.67. The molecule has 1 aromatic carbocycles. The minimum atomic E-state index is -1.05. The molecule has 2 rings (SSSR count). The van der Waals surface area contributed by atoms with Gasteiger partial charge in [0, 0.05) is 6.07 Å². The number of hydrogen-bond acceptors (Lipinski definition) is 3. The molecule has 1 atom stereocenters. The lowest BCUT2D eigenvalue weighted by Crippen LogP contribution is -2.30. The second-order valence-corrected chi connectivity index (χ2v) is 4.47. The van der Waals surface area contributed by atoms with Gasteiger partial charge in [-0.3, -0.25) is 9.59 Å². The maximum atomic E-state index is 13.3. The predicted molar refractivity (Wildman–Crippen MR) is 63.3 cm³/mol. The molecule has 102 valence electrons. The minimum absolute atomic E-state index is 0.124. The number of nitrogens with one attached hydrogen (secondary N) is 1. The summed E-state index contributed by atoms with van der Waals surface area (Å²) in [6, 6.07) is 2.72. The largest absolute Gasteiger partial charge is 0.452 e. The molecule has 0 unspecified atom stereocenters. The summed E-state index contributed by atoms with van der Waals surface area (Å²) >= 11 is 0. The molecule has 1 aliphatic rings. The summed E-state index contributed by atoms with van der Waals surface area (Å²) in [5, 5.41) is 2.18. The van der Waals surface area contributed by atoms with Gasteiger partial charge in [0.1, 0.15) is 11.6 Å². The lowest BCUT2D eigenvalue weighted by atomic mass is 10.2. The zero-order valence-corrected chi connectivity index (χ0v) is 10.3. The van der Waals surface area contributed by atoms with Gasteiger partial charge in [-0.25, -0.2) is 8.78 Å². The number of esters is 1. The van der Waals surface area contributed by atoms with Crippen molar-refractivity contribution in [3.05, 3.63) is 29.8 Å². The number of benzene rings is 1. The van der Waals surface area contributed by atoms with E-state index < -0.39 is 29.6 Å². The Hall–Kier alpha value is -1.98. The van der Waals surface area contributed by atoms with Gasteiger partial charge in [0.25, 0.3) is 5.91 Å². The quantitative estimate of drug-likeness (QED) is 0.853. The monoisotopic (exact) mass is 269 g/mol. The molecule has 0 spiro atoms. The van der Waals surface area contributed by atoms with Gasteiger partial charge in [-0.15, -0.1) is 0 Å². The first-order valence-electron chi connectivity index (χ1n) is 5.94. The van der Waals surface area contributed by atoms with Gasteiger partial charge >= 0.3 is 5.97 Å². The molecule has 1 N–H and O–H groups in total. The van der Waals surface area contributed by atoms with Crippen molar-refractivity contribution in [1.29, 1.82) is 0 Å². The molecule has 1 aromatic rings. The third-order valence-corrected chi connectivity index (χ3v) is 2.76. The van der Waals surface area contributed by atoms with Crippen molar-refractivity contribution in [1.82, 2.24) is 0 Å². The van der Waals surface area contributed by atoms with Crippen molar-refractivity contribution in [2.24, 2.45) is 5.92 Å².